The molecule has 0 spiro atoms. The fraction of sp³-hybridized carbons (Fsp3) is 0.500. The predicted molar refractivity (Wildman–Crippen MR) is 60.7 cm³/mol. The second-order valence-electron chi connectivity index (χ2n) is 3.33. The Morgan fingerprint density at radius 3 is 2.69 bits per heavy atom. The Morgan fingerprint density at radius 1 is 1.38 bits per heavy atom. The molecular weight excluding hydrogens is 208 g/mol. The van der Waals surface area contributed by atoms with E-state index < -0.39 is 6.10 Å². The molecule has 1 N–H and O–H groups in total. The van der Waals surface area contributed by atoms with Crippen molar-refractivity contribution in [3.8, 4) is 11.5 Å². The summed E-state index contributed by atoms with van der Waals surface area (Å²) < 4.78 is 15.6. The maximum Gasteiger partial charge on any atom is 0.189 e. The Morgan fingerprint density at radius 2 is 2.12 bits per heavy atom. The van der Waals surface area contributed by atoms with E-state index in [2.05, 4.69) is 0 Å². The van der Waals surface area contributed by atoms with Crippen molar-refractivity contribution in [3.63, 3.8) is 0 Å². The molecule has 4 nitrogen and oxygen atoms in total. The molecular formula is C12H18O4. The van der Waals surface area contributed by atoms with Crippen molar-refractivity contribution in [3.05, 3.63) is 23.8 Å². The Labute approximate surface area is 95.8 Å². The normalized spacial score (nSPS) is 12.2. The molecule has 0 saturated carbocycles. The summed E-state index contributed by atoms with van der Waals surface area (Å²) in [6.07, 6.45) is -0.581. The maximum atomic E-state index is 9.56. The van der Waals surface area contributed by atoms with Gasteiger partial charge in [-0.15, -0.1) is 0 Å². The third kappa shape index (κ3) is 3.40. The summed E-state index contributed by atoms with van der Waals surface area (Å²) in [5.41, 5.74) is 0.723. The van der Waals surface area contributed by atoms with Gasteiger partial charge in [-0.25, -0.2) is 0 Å². The molecule has 1 atom stereocenters. The Balaban J connectivity index is 2.83. The van der Waals surface area contributed by atoms with Crippen molar-refractivity contribution in [2.24, 2.45) is 0 Å². The van der Waals surface area contributed by atoms with Crippen LogP contribution in [0.4, 0.5) is 0 Å². The monoisotopic (exact) mass is 226 g/mol. The molecule has 0 radical (unpaired) electrons. The van der Waals surface area contributed by atoms with Gasteiger partial charge in [-0.05, 0) is 26.0 Å². The van der Waals surface area contributed by atoms with Crippen LogP contribution in [0.5, 0.6) is 11.5 Å². The minimum atomic E-state index is -0.581. The van der Waals surface area contributed by atoms with E-state index in [0.29, 0.717) is 18.1 Å². The lowest BCUT2D eigenvalue weighted by molar-refractivity contribution is 0.0203. The molecule has 0 aromatic heterocycles. The van der Waals surface area contributed by atoms with Gasteiger partial charge >= 0.3 is 0 Å². The molecule has 1 aromatic carbocycles. The lowest BCUT2D eigenvalue weighted by atomic mass is 10.1. The molecule has 0 unspecified atom stereocenters. The molecule has 0 bridgehead atoms. The first-order valence-electron chi connectivity index (χ1n) is 5.25. The highest BCUT2D eigenvalue weighted by Crippen LogP contribution is 2.29. The highest BCUT2D eigenvalue weighted by Gasteiger charge is 2.10. The number of aliphatic hydroxyl groups is 1. The van der Waals surface area contributed by atoms with Crippen LogP contribution in [-0.4, -0.2) is 25.6 Å². The van der Waals surface area contributed by atoms with Crippen LogP contribution >= 0.6 is 0 Å². The Kier molecular flexibility index (Phi) is 5.08. The largest absolute Gasteiger partial charge is 0.497 e. The van der Waals surface area contributed by atoms with Gasteiger partial charge in [0.15, 0.2) is 6.79 Å². The van der Waals surface area contributed by atoms with Gasteiger partial charge in [0, 0.05) is 18.2 Å². The highest BCUT2D eigenvalue weighted by molar-refractivity contribution is 5.41. The molecule has 0 saturated heterocycles. The Bertz CT molecular complexity index is 323. The maximum absolute atomic E-state index is 9.56. The summed E-state index contributed by atoms with van der Waals surface area (Å²) in [6.45, 7) is 4.34. The van der Waals surface area contributed by atoms with Crippen molar-refractivity contribution in [2.45, 2.75) is 20.0 Å². The molecule has 16 heavy (non-hydrogen) atoms. The fourth-order valence-electron chi connectivity index (χ4n) is 1.30. The van der Waals surface area contributed by atoms with E-state index in [-0.39, 0.29) is 6.79 Å². The summed E-state index contributed by atoms with van der Waals surface area (Å²) in [5, 5.41) is 9.56. The summed E-state index contributed by atoms with van der Waals surface area (Å²) in [4.78, 5) is 0. The van der Waals surface area contributed by atoms with Crippen LogP contribution < -0.4 is 9.47 Å². The van der Waals surface area contributed by atoms with Crippen LogP contribution in [0.15, 0.2) is 18.2 Å². The number of hydrogen-bond acceptors (Lipinski definition) is 4. The van der Waals surface area contributed by atoms with E-state index >= 15 is 0 Å². The summed E-state index contributed by atoms with van der Waals surface area (Å²) >= 11 is 0. The van der Waals surface area contributed by atoms with E-state index in [9.17, 15) is 5.11 Å². The molecule has 0 amide bonds. The summed E-state index contributed by atoms with van der Waals surface area (Å²) in [7, 11) is 1.59. The average Bonchev–Trinajstić information content (AvgIpc) is 2.29. The van der Waals surface area contributed by atoms with E-state index in [4.69, 9.17) is 14.2 Å². The van der Waals surface area contributed by atoms with Crippen molar-refractivity contribution in [2.75, 3.05) is 20.5 Å². The van der Waals surface area contributed by atoms with Crippen LogP contribution in [0.3, 0.4) is 0 Å². The highest BCUT2D eigenvalue weighted by atomic mass is 16.7. The first kappa shape index (κ1) is 12.8. The van der Waals surface area contributed by atoms with E-state index in [1.165, 1.54) is 0 Å². The number of ether oxygens (including phenoxy) is 3. The second kappa shape index (κ2) is 6.35. The summed E-state index contributed by atoms with van der Waals surface area (Å²) in [5.74, 6) is 1.28. The van der Waals surface area contributed by atoms with Gasteiger partial charge in [0.05, 0.1) is 13.2 Å². The van der Waals surface area contributed by atoms with Gasteiger partial charge in [0.2, 0.25) is 0 Å². The minimum absolute atomic E-state index is 0.170. The van der Waals surface area contributed by atoms with Crippen LogP contribution in [0.2, 0.25) is 0 Å². The molecule has 1 rings (SSSR count). The number of hydrogen-bond donors (Lipinski definition) is 1. The number of rotatable bonds is 6. The zero-order valence-corrected chi connectivity index (χ0v) is 9.90. The lowest BCUT2D eigenvalue weighted by Gasteiger charge is -2.14. The van der Waals surface area contributed by atoms with Gasteiger partial charge in [0.1, 0.15) is 11.5 Å². The average molecular weight is 226 g/mol. The van der Waals surface area contributed by atoms with Crippen LogP contribution in [0, 0.1) is 0 Å². The first-order chi connectivity index (χ1) is 7.69. The van der Waals surface area contributed by atoms with Crippen molar-refractivity contribution < 1.29 is 19.3 Å². The van der Waals surface area contributed by atoms with Crippen LogP contribution in [0.25, 0.3) is 0 Å². The van der Waals surface area contributed by atoms with Crippen molar-refractivity contribution in [1.82, 2.24) is 0 Å². The molecule has 0 heterocycles. The molecule has 1 aromatic rings. The Hall–Kier alpha value is -1.26. The molecule has 4 heteroatoms. The SMILES string of the molecule is CCOCOc1cc(OC)ccc1[C@@H](C)O. The lowest BCUT2D eigenvalue weighted by Crippen LogP contribution is -2.05. The number of benzene rings is 1. The molecule has 0 aliphatic rings. The molecule has 0 fully saturated rings. The molecule has 90 valence electrons. The third-order valence-electron chi connectivity index (χ3n) is 2.17. The van der Waals surface area contributed by atoms with Crippen molar-refractivity contribution in [1.29, 1.82) is 0 Å². The van der Waals surface area contributed by atoms with Gasteiger partial charge in [0.25, 0.3) is 0 Å². The van der Waals surface area contributed by atoms with E-state index in [0.717, 1.165) is 5.56 Å². The van der Waals surface area contributed by atoms with Gasteiger partial charge in [-0.3, -0.25) is 0 Å². The third-order valence-corrected chi connectivity index (χ3v) is 2.17. The fourth-order valence-corrected chi connectivity index (χ4v) is 1.30. The standard InChI is InChI=1S/C12H18O4/c1-4-15-8-16-12-7-10(14-3)5-6-11(12)9(2)13/h5-7,9,13H,4,8H2,1-3H3/t9-/m1/s1. The first-order valence-corrected chi connectivity index (χ1v) is 5.25. The molecule has 0 aliphatic heterocycles. The van der Waals surface area contributed by atoms with Gasteiger partial charge < -0.3 is 19.3 Å². The van der Waals surface area contributed by atoms with Gasteiger partial charge in [-0.2, -0.15) is 0 Å². The quantitative estimate of drug-likeness (QED) is 0.596. The minimum Gasteiger partial charge on any atom is -0.497 e. The van der Waals surface area contributed by atoms with Crippen LogP contribution in [0.1, 0.15) is 25.5 Å². The zero-order chi connectivity index (χ0) is 12.0. The van der Waals surface area contributed by atoms with Crippen LogP contribution in [-0.2, 0) is 4.74 Å². The van der Waals surface area contributed by atoms with Crippen molar-refractivity contribution >= 4 is 0 Å². The number of methoxy groups -OCH3 is 1. The summed E-state index contributed by atoms with van der Waals surface area (Å²) in [6, 6.07) is 5.31. The zero-order valence-electron chi connectivity index (χ0n) is 9.90. The smallest absolute Gasteiger partial charge is 0.189 e. The molecule has 0 aliphatic carbocycles. The van der Waals surface area contributed by atoms with E-state index in [1.54, 1.807) is 32.2 Å². The van der Waals surface area contributed by atoms with E-state index in [1.807, 2.05) is 6.92 Å². The number of aliphatic hydroxyl groups excluding tert-OH is 1. The predicted octanol–water partition coefficient (Wildman–Crippen LogP) is 2.12. The van der Waals surface area contributed by atoms with Gasteiger partial charge in [-0.1, -0.05) is 0 Å². The topological polar surface area (TPSA) is 47.9 Å². The second-order valence-corrected chi connectivity index (χ2v) is 3.33.